The minimum Gasteiger partial charge on any atom is -0.394 e. The molecule has 3 rings (SSSR count). The molecule has 0 bridgehead atoms. The minimum absolute atomic E-state index is 0.231. The smallest absolute Gasteiger partial charge is 0.278 e. The first-order valence-electron chi connectivity index (χ1n) is 8.21. The van der Waals surface area contributed by atoms with Crippen molar-refractivity contribution in [3.05, 3.63) is 51.0 Å². The van der Waals surface area contributed by atoms with Crippen LogP contribution in [0.3, 0.4) is 0 Å². The first-order valence-corrected chi connectivity index (χ1v) is 10.1. The Morgan fingerprint density at radius 1 is 1.43 bits per heavy atom. The van der Waals surface area contributed by atoms with E-state index in [4.69, 9.17) is 9.94 Å². The predicted octanol–water partition coefficient (Wildman–Crippen LogP) is 3.11. The molecule has 0 saturated heterocycles. The van der Waals surface area contributed by atoms with Crippen molar-refractivity contribution in [2.45, 2.75) is 13.0 Å². The van der Waals surface area contributed by atoms with Gasteiger partial charge in [0.2, 0.25) is 0 Å². The summed E-state index contributed by atoms with van der Waals surface area (Å²) < 4.78 is 15.0. The number of carbonyl (C=O) groups is 1. The molecule has 3 aromatic rings. The van der Waals surface area contributed by atoms with Gasteiger partial charge in [-0.15, -0.1) is 0 Å². The molecule has 7 nitrogen and oxygen atoms in total. The molecule has 0 aliphatic heterocycles. The number of hydrogen-bond donors (Lipinski definition) is 4. The van der Waals surface area contributed by atoms with Crippen molar-refractivity contribution in [3.8, 4) is 0 Å². The van der Waals surface area contributed by atoms with E-state index < -0.39 is 24.4 Å². The van der Waals surface area contributed by atoms with Gasteiger partial charge in [0.25, 0.3) is 5.91 Å². The lowest BCUT2D eigenvalue weighted by Crippen LogP contribution is -2.30. The standard InChI is InChI=1S/C18H17FIN3O4S/c1-9-4-12-15(16(26)23-27-8-11(25)7-24)18(28-17(12)21-6-9)22-14-3-2-10(20)5-13(14)19/h2-6,11,22,24-25H,7-8H2,1H3,(H,23,26)/t11-/m1/s1. The van der Waals surface area contributed by atoms with Crippen molar-refractivity contribution >= 4 is 60.7 Å². The number of benzene rings is 1. The summed E-state index contributed by atoms with van der Waals surface area (Å²) in [5, 5.41) is 22.1. The molecule has 1 amide bonds. The van der Waals surface area contributed by atoms with Crippen molar-refractivity contribution in [3.63, 3.8) is 0 Å². The minimum atomic E-state index is -1.11. The molecule has 0 saturated carbocycles. The van der Waals surface area contributed by atoms with E-state index in [1.54, 1.807) is 18.3 Å². The van der Waals surface area contributed by atoms with E-state index in [0.717, 1.165) is 9.13 Å². The van der Waals surface area contributed by atoms with Crippen LogP contribution in [0.15, 0.2) is 30.5 Å². The van der Waals surface area contributed by atoms with Crippen molar-refractivity contribution in [1.29, 1.82) is 0 Å². The second kappa shape index (κ2) is 9.09. The largest absolute Gasteiger partial charge is 0.394 e. The van der Waals surface area contributed by atoms with Gasteiger partial charge in [-0.05, 0) is 59.3 Å². The lowest BCUT2D eigenvalue weighted by atomic mass is 10.1. The molecular weight excluding hydrogens is 500 g/mol. The Bertz CT molecular complexity index is 1010. The number of nitrogens with zero attached hydrogens (tertiary/aromatic N) is 1. The molecule has 0 aliphatic rings. The van der Waals surface area contributed by atoms with Crippen LogP contribution in [-0.2, 0) is 4.84 Å². The Labute approximate surface area is 177 Å². The lowest BCUT2D eigenvalue weighted by molar-refractivity contribution is -0.0294. The van der Waals surface area contributed by atoms with Crippen molar-refractivity contribution in [1.82, 2.24) is 10.5 Å². The number of hydroxylamine groups is 1. The number of aliphatic hydroxyl groups excluding tert-OH is 2. The highest BCUT2D eigenvalue weighted by atomic mass is 127. The summed E-state index contributed by atoms with van der Waals surface area (Å²) in [7, 11) is 0. The summed E-state index contributed by atoms with van der Waals surface area (Å²) in [5.41, 5.74) is 3.60. The van der Waals surface area contributed by atoms with E-state index in [2.05, 4.69) is 15.8 Å². The molecule has 0 radical (unpaired) electrons. The summed E-state index contributed by atoms with van der Waals surface area (Å²) >= 11 is 3.23. The number of nitrogens with one attached hydrogen (secondary N) is 2. The van der Waals surface area contributed by atoms with Gasteiger partial charge in [0.15, 0.2) is 0 Å². The normalized spacial score (nSPS) is 12.2. The summed E-state index contributed by atoms with van der Waals surface area (Å²) in [4.78, 5) is 22.6. The average Bonchev–Trinajstić information content (AvgIpc) is 3.00. The molecule has 0 aliphatic carbocycles. The number of thiophene rings is 1. The van der Waals surface area contributed by atoms with Crippen molar-refractivity contribution in [2.24, 2.45) is 0 Å². The molecule has 0 unspecified atom stereocenters. The first kappa shape index (κ1) is 20.9. The number of fused-ring (bicyclic) bond motifs is 1. The van der Waals surface area contributed by atoms with Crippen LogP contribution in [0.25, 0.3) is 10.2 Å². The third kappa shape index (κ3) is 4.75. The Kier molecular flexibility index (Phi) is 6.78. The molecule has 1 atom stereocenters. The predicted molar refractivity (Wildman–Crippen MR) is 113 cm³/mol. The van der Waals surface area contributed by atoms with Gasteiger partial charge in [-0.2, -0.15) is 0 Å². The average molecular weight is 517 g/mol. The molecule has 0 fully saturated rings. The van der Waals surface area contributed by atoms with Gasteiger partial charge in [-0.1, -0.05) is 11.3 Å². The number of aromatic nitrogens is 1. The number of aliphatic hydroxyl groups is 2. The number of halogens is 2. The number of anilines is 2. The van der Waals surface area contributed by atoms with Crippen LogP contribution < -0.4 is 10.8 Å². The second-order valence-electron chi connectivity index (χ2n) is 6.00. The molecule has 1 aromatic carbocycles. The van der Waals surface area contributed by atoms with E-state index in [0.29, 0.717) is 15.2 Å². The molecule has 28 heavy (non-hydrogen) atoms. The van der Waals surface area contributed by atoms with Crippen LogP contribution in [0.2, 0.25) is 0 Å². The Morgan fingerprint density at radius 2 is 2.21 bits per heavy atom. The highest BCUT2D eigenvalue weighted by Gasteiger charge is 2.21. The molecule has 2 heterocycles. The van der Waals surface area contributed by atoms with Gasteiger partial charge in [-0.25, -0.2) is 14.9 Å². The maximum Gasteiger partial charge on any atom is 0.278 e. The molecule has 0 spiro atoms. The number of hydrogen-bond acceptors (Lipinski definition) is 7. The van der Waals surface area contributed by atoms with Crippen molar-refractivity contribution < 1.29 is 24.2 Å². The number of amides is 1. The SMILES string of the molecule is Cc1cnc2sc(Nc3ccc(I)cc3F)c(C(=O)NOC[C@H](O)CO)c2c1. The van der Waals surface area contributed by atoms with Gasteiger partial charge in [-0.3, -0.25) is 9.63 Å². The monoisotopic (exact) mass is 517 g/mol. The molecule has 10 heteroatoms. The zero-order chi connectivity index (χ0) is 20.3. The van der Waals surface area contributed by atoms with Crippen LogP contribution in [0, 0.1) is 16.3 Å². The highest BCUT2D eigenvalue weighted by molar-refractivity contribution is 14.1. The Balaban J connectivity index is 1.95. The van der Waals surface area contributed by atoms with Crippen molar-refractivity contribution in [2.75, 3.05) is 18.5 Å². The van der Waals surface area contributed by atoms with Crippen LogP contribution in [0.1, 0.15) is 15.9 Å². The number of pyridine rings is 1. The van der Waals surface area contributed by atoms with E-state index >= 15 is 0 Å². The summed E-state index contributed by atoms with van der Waals surface area (Å²) in [5.74, 6) is -1.01. The zero-order valence-corrected chi connectivity index (χ0v) is 17.7. The highest BCUT2D eigenvalue weighted by Crippen LogP contribution is 2.37. The Morgan fingerprint density at radius 3 is 2.93 bits per heavy atom. The number of rotatable bonds is 7. The van der Waals surface area contributed by atoms with Crippen LogP contribution in [0.4, 0.5) is 15.1 Å². The first-order chi connectivity index (χ1) is 13.4. The van der Waals surface area contributed by atoms with Gasteiger partial charge < -0.3 is 15.5 Å². The van der Waals surface area contributed by atoms with Gasteiger partial charge in [0.1, 0.15) is 28.4 Å². The maximum atomic E-state index is 14.3. The molecule has 148 valence electrons. The summed E-state index contributed by atoms with van der Waals surface area (Å²) in [6.45, 7) is 1.10. The quantitative estimate of drug-likeness (QED) is 0.284. The van der Waals surface area contributed by atoms with Gasteiger partial charge >= 0.3 is 0 Å². The van der Waals surface area contributed by atoms with Crippen LogP contribution in [-0.4, -0.2) is 40.4 Å². The molecule has 4 N–H and O–H groups in total. The number of carbonyl (C=O) groups excluding carboxylic acids is 1. The Hall–Kier alpha value is -1.86. The fourth-order valence-electron chi connectivity index (χ4n) is 2.42. The van der Waals surface area contributed by atoms with Crippen LogP contribution >= 0.6 is 33.9 Å². The van der Waals surface area contributed by atoms with E-state index in [9.17, 15) is 14.3 Å². The van der Waals surface area contributed by atoms with Crippen LogP contribution in [0.5, 0.6) is 0 Å². The lowest BCUT2D eigenvalue weighted by Gasteiger charge is -2.11. The van der Waals surface area contributed by atoms with E-state index in [1.165, 1.54) is 17.4 Å². The second-order valence-corrected chi connectivity index (χ2v) is 8.24. The summed E-state index contributed by atoms with van der Waals surface area (Å²) in [6, 6.07) is 6.54. The third-order valence-electron chi connectivity index (χ3n) is 3.74. The van der Waals surface area contributed by atoms with E-state index in [1.807, 2.05) is 35.6 Å². The van der Waals surface area contributed by atoms with E-state index in [-0.39, 0.29) is 17.9 Å². The molecular formula is C18H17FIN3O4S. The fourth-order valence-corrected chi connectivity index (χ4v) is 3.91. The van der Waals surface area contributed by atoms with Gasteiger partial charge in [0.05, 0.1) is 17.9 Å². The molecule has 2 aromatic heterocycles. The third-order valence-corrected chi connectivity index (χ3v) is 5.44. The maximum absolute atomic E-state index is 14.3. The number of aryl methyl sites for hydroxylation is 1. The summed E-state index contributed by atoms with van der Waals surface area (Å²) in [6.07, 6.45) is 0.575. The van der Waals surface area contributed by atoms with Gasteiger partial charge in [0, 0.05) is 15.2 Å². The fraction of sp³-hybridized carbons (Fsp3) is 0.222. The topological polar surface area (TPSA) is 104 Å². The zero-order valence-electron chi connectivity index (χ0n) is 14.7.